The number of pyridine rings is 1. The minimum absolute atomic E-state index is 0.235. The molecule has 1 fully saturated rings. The highest BCUT2D eigenvalue weighted by molar-refractivity contribution is 9.10. The monoisotopic (exact) mass is 295 g/mol. The summed E-state index contributed by atoms with van der Waals surface area (Å²) in [5, 5.41) is 4.48. The molecule has 0 radical (unpaired) electrons. The molecule has 17 heavy (non-hydrogen) atoms. The maximum Gasteiger partial charge on any atom is 0.245 e. The molecule has 0 amide bonds. The third kappa shape index (κ3) is 2.02. The van der Waals surface area contributed by atoms with Crippen LogP contribution in [0.25, 0.3) is 5.65 Å². The van der Waals surface area contributed by atoms with Crippen molar-refractivity contribution in [3.63, 3.8) is 0 Å². The number of halogens is 1. The highest BCUT2D eigenvalue weighted by Crippen LogP contribution is 2.20. The van der Waals surface area contributed by atoms with Gasteiger partial charge in [0.25, 0.3) is 0 Å². The highest BCUT2D eigenvalue weighted by atomic mass is 79.9. The molecule has 3 heterocycles. The van der Waals surface area contributed by atoms with Crippen LogP contribution in [0, 0.1) is 0 Å². The van der Waals surface area contributed by atoms with Crippen LogP contribution in [0.4, 0.5) is 5.95 Å². The molecule has 0 saturated carbocycles. The van der Waals surface area contributed by atoms with Gasteiger partial charge in [-0.3, -0.25) is 0 Å². The summed E-state index contributed by atoms with van der Waals surface area (Å²) in [6, 6.07) is 4.14. The minimum Gasteiger partial charge on any atom is -0.338 e. The van der Waals surface area contributed by atoms with Crippen LogP contribution in [0.3, 0.4) is 0 Å². The molecule has 1 atom stereocenters. The van der Waals surface area contributed by atoms with Gasteiger partial charge < -0.3 is 10.6 Å². The molecule has 0 spiro atoms. The number of anilines is 1. The van der Waals surface area contributed by atoms with Crippen LogP contribution in [0.2, 0.25) is 0 Å². The van der Waals surface area contributed by atoms with Gasteiger partial charge in [0.05, 0.1) is 4.47 Å². The number of nitrogens with two attached hydrogens (primary N) is 1. The molecular weight excluding hydrogens is 282 g/mol. The van der Waals surface area contributed by atoms with Crippen molar-refractivity contribution in [2.75, 3.05) is 18.0 Å². The number of aromatic nitrogens is 3. The molecule has 90 valence electrons. The number of piperidine rings is 1. The standard InChI is InChI=1S/C11H14BrN5/c12-9-4-2-6-17-10(9)14-11(15-17)16-5-1-3-8(13)7-16/h2,4,6,8H,1,3,5,7,13H2/t8-/m1/s1. The van der Waals surface area contributed by atoms with Crippen LogP contribution in [-0.2, 0) is 0 Å². The van der Waals surface area contributed by atoms with Gasteiger partial charge in [0.15, 0.2) is 5.65 Å². The van der Waals surface area contributed by atoms with Gasteiger partial charge in [0, 0.05) is 25.3 Å². The van der Waals surface area contributed by atoms with Gasteiger partial charge in [0.1, 0.15) is 0 Å². The van der Waals surface area contributed by atoms with Crippen molar-refractivity contribution in [1.82, 2.24) is 14.6 Å². The fourth-order valence-corrected chi connectivity index (χ4v) is 2.61. The van der Waals surface area contributed by atoms with Crippen LogP contribution >= 0.6 is 15.9 Å². The van der Waals surface area contributed by atoms with E-state index in [4.69, 9.17) is 5.73 Å². The Morgan fingerprint density at radius 1 is 1.47 bits per heavy atom. The molecule has 3 rings (SSSR count). The second-order valence-corrected chi connectivity index (χ2v) is 5.24. The van der Waals surface area contributed by atoms with E-state index in [1.54, 1.807) is 4.52 Å². The Bertz CT molecular complexity index is 538. The molecule has 0 aliphatic carbocycles. The quantitative estimate of drug-likeness (QED) is 0.864. The molecule has 1 aliphatic rings. The van der Waals surface area contributed by atoms with Gasteiger partial charge >= 0.3 is 0 Å². The maximum absolute atomic E-state index is 5.97. The van der Waals surface area contributed by atoms with Gasteiger partial charge in [-0.1, -0.05) is 0 Å². The van der Waals surface area contributed by atoms with Gasteiger partial charge in [0.2, 0.25) is 5.95 Å². The fourth-order valence-electron chi connectivity index (χ4n) is 2.19. The number of nitrogens with zero attached hydrogens (tertiary/aromatic N) is 4. The molecule has 6 heteroatoms. The second kappa shape index (κ2) is 4.27. The SMILES string of the molecule is N[C@@H]1CCCN(c2nc3c(Br)cccn3n2)C1. The molecule has 0 aromatic carbocycles. The molecule has 0 unspecified atom stereocenters. The Balaban J connectivity index is 1.97. The summed E-state index contributed by atoms with van der Waals surface area (Å²) in [6.07, 6.45) is 4.10. The van der Waals surface area contributed by atoms with Crippen LogP contribution in [0.5, 0.6) is 0 Å². The third-order valence-corrected chi connectivity index (χ3v) is 3.66. The average molecular weight is 296 g/mol. The number of hydrogen-bond donors (Lipinski definition) is 1. The first-order chi connectivity index (χ1) is 8.24. The van der Waals surface area contributed by atoms with Crippen molar-refractivity contribution >= 4 is 27.5 Å². The summed E-state index contributed by atoms with van der Waals surface area (Å²) in [5.74, 6) is 0.770. The lowest BCUT2D eigenvalue weighted by molar-refractivity contribution is 0.500. The molecule has 1 saturated heterocycles. The van der Waals surface area contributed by atoms with Crippen LogP contribution in [0.1, 0.15) is 12.8 Å². The Morgan fingerprint density at radius 2 is 2.35 bits per heavy atom. The van der Waals surface area contributed by atoms with Gasteiger partial charge in [-0.25, -0.2) is 4.52 Å². The molecule has 1 aliphatic heterocycles. The topological polar surface area (TPSA) is 59.5 Å². The predicted molar refractivity (Wildman–Crippen MR) is 70.1 cm³/mol. The zero-order valence-electron chi connectivity index (χ0n) is 9.38. The average Bonchev–Trinajstić information content (AvgIpc) is 2.74. The first-order valence-corrected chi connectivity index (χ1v) is 6.55. The van der Waals surface area contributed by atoms with Crippen LogP contribution in [0.15, 0.2) is 22.8 Å². The van der Waals surface area contributed by atoms with Crippen molar-refractivity contribution in [1.29, 1.82) is 0 Å². The Hall–Kier alpha value is -1.14. The summed E-state index contributed by atoms with van der Waals surface area (Å²) in [5.41, 5.74) is 6.82. The largest absolute Gasteiger partial charge is 0.338 e. The Kier molecular flexibility index (Phi) is 2.76. The molecule has 2 aromatic rings. The molecule has 2 N–H and O–H groups in total. The van der Waals surface area contributed by atoms with E-state index in [-0.39, 0.29) is 6.04 Å². The van der Waals surface area contributed by atoms with Crippen LogP contribution in [-0.4, -0.2) is 33.7 Å². The third-order valence-electron chi connectivity index (χ3n) is 3.04. The maximum atomic E-state index is 5.97. The zero-order valence-corrected chi connectivity index (χ0v) is 11.0. The van der Waals surface area contributed by atoms with E-state index in [2.05, 4.69) is 30.9 Å². The first-order valence-electron chi connectivity index (χ1n) is 5.75. The van der Waals surface area contributed by atoms with Crippen molar-refractivity contribution < 1.29 is 0 Å². The number of fused-ring (bicyclic) bond motifs is 1. The van der Waals surface area contributed by atoms with Crippen molar-refractivity contribution in [2.45, 2.75) is 18.9 Å². The molecule has 0 bridgehead atoms. The lowest BCUT2D eigenvalue weighted by Crippen LogP contribution is -2.43. The lowest BCUT2D eigenvalue weighted by Gasteiger charge is -2.29. The van der Waals surface area contributed by atoms with E-state index in [0.717, 1.165) is 42.0 Å². The Morgan fingerprint density at radius 3 is 3.12 bits per heavy atom. The van der Waals surface area contributed by atoms with E-state index in [0.29, 0.717) is 0 Å². The van der Waals surface area contributed by atoms with E-state index >= 15 is 0 Å². The molecule has 5 nitrogen and oxygen atoms in total. The molecular formula is C11H14BrN5. The van der Waals surface area contributed by atoms with E-state index in [1.807, 2.05) is 18.3 Å². The zero-order chi connectivity index (χ0) is 11.8. The summed E-state index contributed by atoms with van der Waals surface area (Å²) in [6.45, 7) is 1.83. The summed E-state index contributed by atoms with van der Waals surface area (Å²) in [4.78, 5) is 6.71. The van der Waals surface area contributed by atoms with Gasteiger partial charge in [-0.05, 0) is 40.9 Å². The van der Waals surface area contributed by atoms with Crippen molar-refractivity contribution in [3.05, 3.63) is 22.8 Å². The van der Waals surface area contributed by atoms with Crippen molar-refractivity contribution in [3.8, 4) is 0 Å². The Labute approximate surface area is 108 Å². The lowest BCUT2D eigenvalue weighted by atomic mass is 10.1. The van der Waals surface area contributed by atoms with Crippen molar-refractivity contribution in [2.24, 2.45) is 5.73 Å². The summed E-state index contributed by atoms with van der Waals surface area (Å²) in [7, 11) is 0. The van der Waals surface area contributed by atoms with E-state index in [9.17, 15) is 0 Å². The highest BCUT2D eigenvalue weighted by Gasteiger charge is 2.20. The van der Waals surface area contributed by atoms with E-state index < -0.39 is 0 Å². The predicted octanol–water partition coefficient (Wildman–Crippen LogP) is 1.42. The normalized spacial score (nSPS) is 21.1. The van der Waals surface area contributed by atoms with Gasteiger partial charge in [-0.15, -0.1) is 5.10 Å². The second-order valence-electron chi connectivity index (χ2n) is 4.38. The minimum atomic E-state index is 0.235. The smallest absolute Gasteiger partial charge is 0.245 e. The first kappa shape index (κ1) is 11.0. The fraction of sp³-hybridized carbons (Fsp3) is 0.455. The van der Waals surface area contributed by atoms with Crippen LogP contribution < -0.4 is 10.6 Å². The summed E-state index contributed by atoms with van der Waals surface area (Å²) >= 11 is 3.48. The van der Waals surface area contributed by atoms with Gasteiger partial charge in [-0.2, -0.15) is 4.98 Å². The number of hydrogen-bond acceptors (Lipinski definition) is 4. The molecule has 2 aromatic heterocycles. The van der Waals surface area contributed by atoms with E-state index in [1.165, 1.54) is 0 Å². The summed E-state index contributed by atoms with van der Waals surface area (Å²) < 4.78 is 2.75. The number of rotatable bonds is 1.